The smallest absolute Gasteiger partial charge is 0.269 e. The molecule has 1 aliphatic rings. The van der Waals surface area contributed by atoms with Crippen LogP contribution in [0.25, 0.3) is 10.8 Å². The van der Waals surface area contributed by atoms with Crippen LogP contribution in [0.3, 0.4) is 0 Å². The van der Waals surface area contributed by atoms with Gasteiger partial charge < -0.3 is 5.32 Å². The van der Waals surface area contributed by atoms with E-state index in [1.807, 2.05) is 42.5 Å². The van der Waals surface area contributed by atoms with Gasteiger partial charge in [-0.05, 0) is 22.8 Å². The molecule has 1 atom stereocenters. The van der Waals surface area contributed by atoms with Crippen LogP contribution in [-0.4, -0.2) is 27.5 Å². The normalized spacial score (nSPS) is 17.9. The van der Waals surface area contributed by atoms with E-state index in [9.17, 15) is 14.9 Å². The fourth-order valence-corrected chi connectivity index (χ4v) is 4.07. The minimum atomic E-state index is -0.444. The van der Waals surface area contributed by atoms with Crippen LogP contribution < -0.4 is 5.32 Å². The number of rotatable bonds is 5. The Morgan fingerprint density at radius 3 is 2.76 bits per heavy atom. The van der Waals surface area contributed by atoms with Crippen LogP contribution in [0.5, 0.6) is 0 Å². The number of nitrogens with zero attached hydrogens (tertiary/aromatic N) is 3. The number of hydrogen-bond acceptors (Lipinski definition) is 6. The maximum absolute atomic E-state index is 12.2. The Kier molecular flexibility index (Phi) is 5.35. The Morgan fingerprint density at radius 2 is 1.90 bits per heavy atom. The fourth-order valence-electron chi connectivity index (χ4n) is 3.10. The van der Waals surface area contributed by atoms with E-state index < -0.39 is 10.2 Å². The van der Waals surface area contributed by atoms with Crippen LogP contribution in [0.4, 0.5) is 5.69 Å². The average molecular weight is 404 g/mol. The zero-order valence-electron chi connectivity index (χ0n) is 15.2. The zero-order chi connectivity index (χ0) is 20.2. The number of nitro benzene ring substituents is 1. The highest BCUT2D eigenvalue weighted by Crippen LogP contribution is 2.25. The van der Waals surface area contributed by atoms with Gasteiger partial charge in [-0.15, -0.1) is 5.10 Å². The molecule has 144 valence electrons. The second-order valence-corrected chi connectivity index (χ2v) is 7.64. The monoisotopic (exact) mass is 404 g/mol. The van der Waals surface area contributed by atoms with Crippen molar-refractivity contribution in [2.45, 2.75) is 11.7 Å². The van der Waals surface area contributed by atoms with Crippen molar-refractivity contribution >= 4 is 45.5 Å². The Bertz CT molecular complexity index is 1150. The lowest BCUT2D eigenvalue weighted by Crippen LogP contribution is -2.25. The fraction of sp³-hybridized carbons (Fsp3) is 0.0952. The molecular weight excluding hydrogens is 388 g/mol. The van der Waals surface area contributed by atoms with Gasteiger partial charge in [-0.3, -0.25) is 14.9 Å². The molecule has 29 heavy (non-hydrogen) atoms. The van der Waals surface area contributed by atoms with E-state index in [1.165, 1.54) is 23.9 Å². The van der Waals surface area contributed by atoms with Gasteiger partial charge in [0.05, 0.1) is 16.4 Å². The van der Waals surface area contributed by atoms with E-state index >= 15 is 0 Å². The molecular formula is C21H16N4O3S. The molecule has 3 aromatic rings. The number of non-ortho nitro benzene ring substituents is 1. The Balaban J connectivity index is 1.46. The molecule has 7 nitrogen and oxygen atoms in total. The highest BCUT2D eigenvalue weighted by atomic mass is 32.2. The molecule has 1 saturated heterocycles. The van der Waals surface area contributed by atoms with Crippen LogP contribution in [-0.2, 0) is 11.2 Å². The number of benzene rings is 3. The topological polar surface area (TPSA) is 97.0 Å². The first-order valence-electron chi connectivity index (χ1n) is 8.90. The first-order chi connectivity index (χ1) is 14.1. The Morgan fingerprint density at radius 1 is 1.10 bits per heavy atom. The summed E-state index contributed by atoms with van der Waals surface area (Å²) in [6.07, 6.45) is 2.04. The van der Waals surface area contributed by atoms with Crippen molar-refractivity contribution in [3.63, 3.8) is 0 Å². The SMILES string of the molecule is O=C1N/C(=N/N=C/c2cccc3ccccc23)SC1Cc1cccc([N+](=O)[O-])c1. The van der Waals surface area contributed by atoms with Gasteiger partial charge >= 0.3 is 0 Å². The molecule has 0 radical (unpaired) electrons. The number of nitrogens with one attached hydrogen (secondary N) is 1. The number of amidine groups is 1. The quantitative estimate of drug-likeness (QED) is 0.396. The molecule has 8 heteroatoms. The number of thioether (sulfide) groups is 1. The predicted molar refractivity (Wildman–Crippen MR) is 115 cm³/mol. The lowest BCUT2D eigenvalue weighted by atomic mass is 10.1. The summed E-state index contributed by atoms with van der Waals surface area (Å²) in [6, 6.07) is 20.3. The van der Waals surface area contributed by atoms with E-state index in [1.54, 1.807) is 18.3 Å². The van der Waals surface area contributed by atoms with Crippen LogP contribution in [0.1, 0.15) is 11.1 Å². The van der Waals surface area contributed by atoms with E-state index in [2.05, 4.69) is 15.5 Å². The van der Waals surface area contributed by atoms with Gasteiger partial charge in [-0.2, -0.15) is 5.10 Å². The largest absolute Gasteiger partial charge is 0.303 e. The van der Waals surface area contributed by atoms with Crippen LogP contribution in [0, 0.1) is 10.1 Å². The molecule has 1 aliphatic heterocycles. The van der Waals surface area contributed by atoms with E-state index in [0.29, 0.717) is 11.6 Å². The minimum absolute atomic E-state index is 0.0134. The zero-order valence-corrected chi connectivity index (χ0v) is 16.0. The summed E-state index contributed by atoms with van der Waals surface area (Å²) in [4.78, 5) is 22.7. The van der Waals surface area contributed by atoms with Gasteiger partial charge in [0.1, 0.15) is 0 Å². The number of carbonyl (C=O) groups is 1. The summed E-state index contributed by atoms with van der Waals surface area (Å²) in [5.41, 5.74) is 1.68. The Hall–Kier alpha value is -3.52. The molecule has 0 aliphatic carbocycles. The maximum Gasteiger partial charge on any atom is 0.269 e. The average Bonchev–Trinajstić information content (AvgIpc) is 3.07. The summed E-state index contributed by atoms with van der Waals surface area (Å²) >= 11 is 1.27. The summed E-state index contributed by atoms with van der Waals surface area (Å²) in [7, 11) is 0. The molecule has 0 bridgehead atoms. The van der Waals surface area contributed by atoms with Crippen molar-refractivity contribution in [3.05, 3.63) is 88.0 Å². The van der Waals surface area contributed by atoms with E-state index in [-0.39, 0.29) is 11.6 Å². The lowest BCUT2D eigenvalue weighted by molar-refractivity contribution is -0.384. The van der Waals surface area contributed by atoms with Crippen molar-refractivity contribution in [1.29, 1.82) is 0 Å². The number of nitro groups is 1. The third-order valence-corrected chi connectivity index (χ3v) is 5.56. The third-order valence-electron chi connectivity index (χ3n) is 4.49. The standard InChI is InChI=1S/C21H16N4O3S/c26-20-19(12-14-5-3-9-17(11-14)25(27)28)29-21(23-20)24-22-13-16-8-4-7-15-6-1-2-10-18(15)16/h1-11,13,19H,12H2,(H,23,24,26)/b22-13+. The molecule has 1 fully saturated rings. The number of carbonyl (C=O) groups excluding carboxylic acids is 1. The van der Waals surface area contributed by atoms with Crippen LogP contribution in [0.15, 0.2) is 76.9 Å². The van der Waals surface area contributed by atoms with E-state index in [4.69, 9.17) is 0 Å². The van der Waals surface area contributed by atoms with Gasteiger partial charge in [-0.25, -0.2) is 0 Å². The molecule has 0 saturated carbocycles. The second kappa shape index (κ2) is 8.24. The molecule has 3 aromatic carbocycles. The summed E-state index contributed by atoms with van der Waals surface area (Å²) in [5.74, 6) is -0.180. The molecule has 1 N–H and O–H groups in total. The van der Waals surface area contributed by atoms with Gasteiger partial charge in [0.25, 0.3) is 5.69 Å². The van der Waals surface area contributed by atoms with Crippen molar-refractivity contribution in [2.24, 2.45) is 10.2 Å². The first kappa shape index (κ1) is 18.8. The molecule has 0 spiro atoms. The number of hydrogen-bond donors (Lipinski definition) is 1. The highest BCUT2D eigenvalue weighted by molar-refractivity contribution is 8.15. The summed E-state index contributed by atoms with van der Waals surface area (Å²) in [5, 5.41) is 24.1. The molecule has 4 rings (SSSR count). The van der Waals surface area contributed by atoms with Gasteiger partial charge in [0.2, 0.25) is 5.91 Å². The van der Waals surface area contributed by atoms with Crippen LogP contribution >= 0.6 is 11.8 Å². The lowest BCUT2D eigenvalue weighted by Gasteiger charge is -2.04. The second-order valence-electron chi connectivity index (χ2n) is 6.44. The first-order valence-corrected chi connectivity index (χ1v) is 9.78. The Labute approximate surface area is 170 Å². The summed E-state index contributed by atoms with van der Waals surface area (Å²) < 4.78 is 0. The van der Waals surface area contributed by atoms with Gasteiger partial charge in [0.15, 0.2) is 5.17 Å². The van der Waals surface area contributed by atoms with E-state index in [0.717, 1.165) is 21.9 Å². The molecule has 0 aromatic heterocycles. The van der Waals surface area contributed by atoms with Crippen LogP contribution in [0.2, 0.25) is 0 Å². The summed E-state index contributed by atoms with van der Waals surface area (Å²) in [6.45, 7) is 0. The van der Waals surface area contributed by atoms with Crippen molar-refractivity contribution in [3.8, 4) is 0 Å². The molecule has 1 heterocycles. The maximum atomic E-state index is 12.2. The van der Waals surface area contributed by atoms with Gasteiger partial charge in [0, 0.05) is 17.7 Å². The predicted octanol–water partition coefficient (Wildman–Crippen LogP) is 3.91. The van der Waals surface area contributed by atoms with Crippen molar-refractivity contribution in [1.82, 2.24) is 5.32 Å². The third kappa shape index (κ3) is 4.33. The van der Waals surface area contributed by atoms with Crippen molar-refractivity contribution in [2.75, 3.05) is 0 Å². The van der Waals surface area contributed by atoms with Crippen molar-refractivity contribution < 1.29 is 9.72 Å². The van der Waals surface area contributed by atoms with Gasteiger partial charge in [-0.1, -0.05) is 66.4 Å². The highest BCUT2D eigenvalue weighted by Gasteiger charge is 2.30. The number of amides is 1. The molecule has 1 unspecified atom stereocenters. The number of fused-ring (bicyclic) bond motifs is 1. The minimum Gasteiger partial charge on any atom is -0.303 e. The molecule has 1 amide bonds.